The van der Waals surface area contributed by atoms with Crippen molar-refractivity contribution in [2.24, 2.45) is 11.8 Å². The fourth-order valence-corrected chi connectivity index (χ4v) is 5.62. The highest BCUT2D eigenvalue weighted by molar-refractivity contribution is 5.64. The van der Waals surface area contributed by atoms with Gasteiger partial charge in [0.05, 0.1) is 12.2 Å². The number of hydrogen-bond donors (Lipinski definition) is 1. The van der Waals surface area contributed by atoms with E-state index in [2.05, 4.69) is 9.72 Å². The predicted octanol–water partition coefficient (Wildman–Crippen LogP) is 4.54. The first-order valence-corrected chi connectivity index (χ1v) is 11.0. The van der Waals surface area contributed by atoms with Crippen LogP contribution in [0.15, 0.2) is 18.3 Å². The van der Waals surface area contributed by atoms with Gasteiger partial charge in [0.25, 0.3) is 5.92 Å². The molecule has 10 heteroatoms. The Morgan fingerprint density at radius 2 is 1.91 bits per heavy atom. The number of anilines is 1. The highest BCUT2D eigenvalue weighted by Gasteiger charge is 2.59. The van der Waals surface area contributed by atoms with Crippen molar-refractivity contribution in [3.05, 3.63) is 24.0 Å². The monoisotopic (exact) mass is 453 g/mol. The predicted molar refractivity (Wildman–Crippen MR) is 111 cm³/mol. The maximum Gasteiger partial charge on any atom is 0.387 e. The molecule has 6 nitrogen and oxygen atoms in total. The van der Waals surface area contributed by atoms with E-state index in [1.54, 1.807) is 0 Å². The first kappa shape index (κ1) is 21.5. The number of alkyl halides is 4. The summed E-state index contributed by atoms with van der Waals surface area (Å²) in [5.74, 6) is -1.55. The number of pyridine rings is 1. The molecule has 174 valence electrons. The number of rotatable bonds is 6. The van der Waals surface area contributed by atoms with Crippen LogP contribution in [0.3, 0.4) is 0 Å². The molecule has 1 saturated heterocycles. The van der Waals surface area contributed by atoms with Gasteiger partial charge in [-0.25, -0.2) is 13.8 Å². The first-order valence-electron chi connectivity index (χ1n) is 11.0. The van der Waals surface area contributed by atoms with E-state index in [4.69, 9.17) is 10.8 Å². The van der Waals surface area contributed by atoms with Crippen LogP contribution in [0, 0.1) is 11.8 Å². The summed E-state index contributed by atoms with van der Waals surface area (Å²) < 4.78 is 59.0. The number of ether oxygens (including phenoxy) is 1. The number of halogens is 4. The number of nitrogens with zero attached hydrogens (tertiary/aromatic N) is 4. The molecule has 0 aromatic carbocycles. The summed E-state index contributed by atoms with van der Waals surface area (Å²) in [4.78, 5) is 5.94. The molecule has 2 aromatic heterocycles. The van der Waals surface area contributed by atoms with Gasteiger partial charge in [-0.2, -0.15) is 13.9 Å². The van der Waals surface area contributed by atoms with E-state index in [1.165, 1.54) is 12.3 Å². The third-order valence-electron chi connectivity index (χ3n) is 7.12. The van der Waals surface area contributed by atoms with Gasteiger partial charge in [-0.3, -0.25) is 9.58 Å². The van der Waals surface area contributed by atoms with Crippen LogP contribution in [0.1, 0.15) is 50.8 Å². The average molecular weight is 453 g/mol. The van der Waals surface area contributed by atoms with Gasteiger partial charge in [-0.15, -0.1) is 0 Å². The molecule has 0 radical (unpaired) electrons. The molecule has 2 saturated carbocycles. The molecule has 0 amide bonds. The summed E-state index contributed by atoms with van der Waals surface area (Å²) in [6, 6.07) is 3.77. The molecule has 3 fully saturated rings. The molecule has 1 aliphatic heterocycles. The van der Waals surface area contributed by atoms with Crippen LogP contribution < -0.4 is 10.5 Å². The highest BCUT2D eigenvalue weighted by atomic mass is 19.3. The van der Waals surface area contributed by atoms with Crippen molar-refractivity contribution in [2.75, 3.05) is 18.8 Å². The Morgan fingerprint density at radius 1 is 1.19 bits per heavy atom. The Labute approximate surface area is 183 Å². The van der Waals surface area contributed by atoms with Crippen molar-refractivity contribution < 1.29 is 22.3 Å². The maximum atomic E-state index is 13.6. The van der Waals surface area contributed by atoms with Gasteiger partial charge in [0, 0.05) is 48.4 Å². The van der Waals surface area contributed by atoms with Gasteiger partial charge in [0.1, 0.15) is 0 Å². The molecule has 3 heterocycles. The van der Waals surface area contributed by atoms with Crippen LogP contribution >= 0.6 is 0 Å². The fourth-order valence-electron chi connectivity index (χ4n) is 5.62. The molecule has 2 aromatic rings. The van der Waals surface area contributed by atoms with Crippen LogP contribution in [0.2, 0.25) is 0 Å². The molecule has 32 heavy (non-hydrogen) atoms. The summed E-state index contributed by atoms with van der Waals surface area (Å²) >= 11 is 0. The standard InChI is InChI=1S/C22H27F4N5O/c1-11(2)31-17(8-16(29-31)12-5-18(32-21(23)24)20(27)28-9-12)19-14-6-13(7-15(14)19)30-4-3-22(25,26)10-30/h5,8-9,11,13-15,19,21H,3-4,6-7,10H2,1-2H3,(H2,27,28)/t13-,14+,15-,19-. The topological polar surface area (TPSA) is 69.2 Å². The van der Waals surface area contributed by atoms with Crippen LogP contribution in [0.4, 0.5) is 23.4 Å². The van der Waals surface area contributed by atoms with E-state index in [9.17, 15) is 17.6 Å². The second-order valence-corrected chi connectivity index (χ2v) is 9.53. The zero-order valence-corrected chi connectivity index (χ0v) is 18.0. The molecule has 0 unspecified atom stereocenters. The zero-order chi connectivity index (χ0) is 22.8. The summed E-state index contributed by atoms with van der Waals surface area (Å²) in [7, 11) is 0. The largest absolute Gasteiger partial charge is 0.431 e. The van der Waals surface area contributed by atoms with Crippen molar-refractivity contribution in [1.29, 1.82) is 0 Å². The minimum Gasteiger partial charge on any atom is -0.431 e. The quantitative estimate of drug-likeness (QED) is 0.651. The normalized spacial score (nSPS) is 29.1. The molecular weight excluding hydrogens is 426 g/mol. The van der Waals surface area contributed by atoms with Crippen LogP contribution in [0.5, 0.6) is 5.75 Å². The summed E-state index contributed by atoms with van der Waals surface area (Å²) in [6.07, 6.45) is 3.32. The number of aromatic nitrogens is 3. The Hall–Kier alpha value is -2.36. The second-order valence-electron chi connectivity index (χ2n) is 9.53. The number of fused-ring (bicyclic) bond motifs is 1. The van der Waals surface area contributed by atoms with Crippen molar-refractivity contribution in [3.63, 3.8) is 0 Å². The Morgan fingerprint density at radius 3 is 2.50 bits per heavy atom. The highest BCUT2D eigenvalue weighted by Crippen LogP contribution is 2.64. The lowest BCUT2D eigenvalue weighted by molar-refractivity contribution is -0.0494. The van der Waals surface area contributed by atoms with Crippen molar-refractivity contribution in [2.45, 2.75) is 63.6 Å². The minimum absolute atomic E-state index is 0.0430. The molecule has 0 spiro atoms. The lowest BCUT2D eigenvalue weighted by atomic mass is 10.0. The Bertz CT molecular complexity index is 998. The van der Waals surface area contributed by atoms with Gasteiger partial charge in [-0.05, 0) is 50.7 Å². The second kappa shape index (κ2) is 7.60. The van der Waals surface area contributed by atoms with E-state index in [0.717, 1.165) is 18.5 Å². The SMILES string of the molecule is CC(C)n1nc(-c2cnc(N)c(OC(F)F)c2)cc1[C@H]1[C@@H]2C[C@H](N3CCC(F)(F)C3)C[C@@H]21. The lowest BCUT2D eigenvalue weighted by Crippen LogP contribution is -2.34. The molecule has 4 atom stereocenters. The number of nitrogen functional groups attached to an aromatic ring is 1. The van der Waals surface area contributed by atoms with Crippen molar-refractivity contribution >= 4 is 5.82 Å². The number of nitrogens with two attached hydrogens (primary N) is 1. The van der Waals surface area contributed by atoms with Crippen molar-refractivity contribution in [3.8, 4) is 17.0 Å². The Balaban J connectivity index is 1.35. The minimum atomic E-state index is -2.99. The van der Waals surface area contributed by atoms with E-state index >= 15 is 0 Å². The molecule has 2 N–H and O–H groups in total. The third-order valence-corrected chi connectivity index (χ3v) is 7.12. The van der Waals surface area contributed by atoms with Gasteiger partial charge in [-0.1, -0.05) is 0 Å². The number of likely N-dealkylation sites (tertiary alicyclic amines) is 1. The van der Waals surface area contributed by atoms with E-state index in [0.29, 0.717) is 35.6 Å². The first-order chi connectivity index (χ1) is 15.1. The molecular formula is C22H27F4N5O. The molecule has 5 rings (SSSR count). The summed E-state index contributed by atoms with van der Waals surface area (Å²) in [5, 5.41) is 4.72. The molecule has 2 aliphatic carbocycles. The van der Waals surface area contributed by atoms with E-state index in [-0.39, 0.29) is 36.6 Å². The van der Waals surface area contributed by atoms with Crippen molar-refractivity contribution in [1.82, 2.24) is 19.7 Å². The smallest absolute Gasteiger partial charge is 0.387 e. The fraction of sp³-hybridized carbons (Fsp3) is 0.636. The lowest BCUT2D eigenvalue weighted by Gasteiger charge is -2.26. The summed E-state index contributed by atoms with van der Waals surface area (Å²) in [6.45, 7) is 1.44. The van der Waals surface area contributed by atoms with Gasteiger partial charge >= 0.3 is 6.61 Å². The van der Waals surface area contributed by atoms with Crippen LogP contribution in [0.25, 0.3) is 11.3 Å². The van der Waals surface area contributed by atoms with E-state index in [1.807, 2.05) is 29.5 Å². The van der Waals surface area contributed by atoms with E-state index < -0.39 is 12.5 Å². The van der Waals surface area contributed by atoms with Gasteiger partial charge < -0.3 is 10.5 Å². The third kappa shape index (κ3) is 3.82. The van der Waals surface area contributed by atoms with Crippen LogP contribution in [-0.2, 0) is 0 Å². The number of hydrogen-bond acceptors (Lipinski definition) is 5. The van der Waals surface area contributed by atoms with Gasteiger partial charge in [0.15, 0.2) is 11.6 Å². The molecule has 0 bridgehead atoms. The Kier molecular flexibility index (Phi) is 5.11. The average Bonchev–Trinajstić information content (AvgIpc) is 3.13. The van der Waals surface area contributed by atoms with Gasteiger partial charge in [0.2, 0.25) is 0 Å². The summed E-state index contributed by atoms with van der Waals surface area (Å²) in [5.41, 5.74) is 7.94. The maximum absolute atomic E-state index is 13.6. The zero-order valence-electron chi connectivity index (χ0n) is 18.0. The van der Waals surface area contributed by atoms with Crippen LogP contribution in [-0.4, -0.2) is 51.3 Å². The molecule has 3 aliphatic rings.